The molecule has 8 nitrogen and oxygen atoms in total. The van der Waals surface area contributed by atoms with Crippen LogP contribution >= 0.6 is 0 Å². The van der Waals surface area contributed by atoms with Gasteiger partial charge in [-0.1, -0.05) is 0 Å². The van der Waals surface area contributed by atoms with E-state index in [-0.39, 0.29) is 17.7 Å². The Bertz CT molecular complexity index is 629. The largest absolute Gasteiger partial charge is 0.506 e. The van der Waals surface area contributed by atoms with Crippen LogP contribution in [0.15, 0.2) is 18.3 Å². The van der Waals surface area contributed by atoms with Crippen molar-refractivity contribution in [3.8, 4) is 5.75 Å². The van der Waals surface area contributed by atoms with Crippen molar-refractivity contribution >= 4 is 12.0 Å². The minimum Gasteiger partial charge on any atom is -0.506 e. The summed E-state index contributed by atoms with van der Waals surface area (Å²) in [5, 5.41) is 9.32. The molecular formula is C18H26N4O4. The summed E-state index contributed by atoms with van der Waals surface area (Å²) >= 11 is 0. The van der Waals surface area contributed by atoms with E-state index in [0.29, 0.717) is 38.0 Å². The van der Waals surface area contributed by atoms with E-state index in [4.69, 9.17) is 4.74 Å². The molecule has 0 aromatic carbocycles. The second-order valence-electron chi connectivity index (χ2n) is 6.67. The van der Waals surface area contributed by atoms with E-state index in [1.54, 1.807) is 11.0 Å². The summed E-state index contributed by atoms with van der Waals surface area (Å²) in [6.45, 7) is 6.49. The van der Waals surface area contributed by atoms with E-state index in [1.807, 2.05) is 11.8 Å². The highest BCUT2D eigenvalue weighted by Gasteiger charge is 2.31. The van der Waals surface area contributed by atoms with Crippen LogP contribution in [0, 0.1) is 0 Å². The average molecular weight is 362 g/mol. The highest BCUT2D eigenvalue weighted by atomic mass is 16.6. The van der Waals surface area contributed by atoms with Crippen LogP contribution in [0.5, 0.6) is 5.75 Å². The number of likely N-dealkylation sites (tertiary alicyclic amines) is 1. The van der Waals surface area contributed by atoms with E-state index in [0.717, 1.165) is 32.5 Å². The molecule has 2 amide bonds. The predicted molar refractivity (Wildman–Crippen MR) is 95.0 cm³/mol. The van der Waals surface area contributed by atoms with Crippen molar-refractivity contribution in [1.29, 1.82) is 0 Å². The third kappa shape index (κ3) is 4.24. The van der Waals surface area contributed by atoms with Gasteiger partial charge in [-0.2, -0.15) is 0 Å². The van der Waals surface area contributed by atoms with Crippen molar-refractivity contribution in [2.75, 3.05) is 45.9 Å². The summed E-state index contributed by atoms with van der Waals surface area (Å²) in [5.74, 6) is -0.0441. The number of piperazine rings is 1. The van der Waals surface area contributed by atoms with E-state index in [9.17, 15) is 14.7 Å². The van der Waals surface area contributed by atoms with Gasteiger partial charge in [0, 0.05) is 45.3 Å². The number of rotatable bonds is 3. The third-order valence-electron chi connectivity index (χ3n) is 5.01. The Morgan fingerprint density at radius 1 is 1.19 bits per heavy atom. The topological polar surface area (TPSA) is 86.2 Å². The smallest absolute Gasteiger partial charge is 0.409 e. The van der Waals surface area contributed by atoms with Gasteiger partial charge in [-0.25, -0.2) is 9.78 Å². The lowest BCUT2D eigenvalue weighted by Crippen LogP contribution is -2.56. The highest BCUT2D eigenvalue weighted by molar-refractivity contribution is 5.92. The van der Waals surface area contributed by atoms with Crippen LogP contribution in [-0.2, 0) is 4.74 Å². The van der Waals surface area contributed by atoms with E-state index < -0.39 is 0 Å². The Labute approximate surface area is 153 Å². The second-order valence-corrected chi connectivity index (χ2v) is 6.67. The number of pyridine rings is 1. The van der Waals surface area contributed by atoms with Crippen molar-refractivity contribution in [3.05, 3.63) is 24.0 Å². The van der Waals surface area contributed by atoms with Crippen molar-refractivity contribution in [2.45, 2.75) is 25.8 Å². The van der Waals surface area contributed by atoms with Crippen molar-refractivity contribution in [2.24, 2.45) is 0 Å². The van der Waals surface area contributed by atoms with Crippen LogP contribution in [0.1, 0.15) is 30.3 Å². The van der Waals surface area contributed by atoms with Gasteiger partial charge >= 0.3 is 6.09 Å². The summed E-state index contributed by atoms with van der Waals surface area (Å²) in [4.78, 5) is 34.4. The molecule has 3 rings (SSSR count). The number of amides is 2. The number of carbonyl (C=O) groups is 2. The SMILES string of the molecule is CCOC(=O)N1CCN(C2CCCN(C(=O)c3ccc(O)cn3)C2)CC1. The summed E-state index contributed by atoms with van der Waals surface area (Å²) in [6, 6.07) is 3.34. The van der Waals surface area contributed by atoms with Gasteiger partial charge in [0.05, 0.1) is 12.8 Å². The number of hydrogen-bond acceptors (Lipinski definition) is 6. The molecule has 1 atom stereocenters. The van der Waals surface area contributed by atoms with Gasteiger partial charge in [-0.3, -0.25) is 9.69 Å². The molecule has 2 saturated heterocycles. The molecule has 0 saturated carbocycles. The molecule has 1 unspecified atom stereocenters. The molecule has 0 radical (unpaired) electrons. The zero-order valence-electron chi connectivity index (χ0n) is 15.1. The highest BCUT2D eigenvalue weighted by Crippen LogP contribution is 2.20. The molecule has 1 N–H and O–H groups in total. The Morgan fingerprint density at radius 3 is 2.62 bits per heavy atom. The van der Waals surface area contributed by atoms with Gasteiger partial charge in [0.15, 0.2) is 0 Å². The number of carbonyl (C=O) groups excluding carboxylic acids is 2. The summed E-state index contributed by atoms with van der Waals surface area (Å²) < 4.78 is 5.06. The van der Waals surface area contributed by atoms with Gasteiger partial charge in [-0.05, 0) is 31.9 Å². The first-order chi connectivity index (χ1) is 12.6. The van der Waals surface area contributed by atoms with E-state index in [1.165, 1.54) is 12.3 Å². The molecule has 8 heteroatoms. The Balaban J connectivity index is 1.55. The quantitative estimate of drug-likeness (QED) is 0.869. The lowest BCUT2D eigenvalue weighted by molar-refractivity contribution is 0.0375. The molecule has 2 aliphatic heterocycles. The minimum absolute atomic E-state index is 0.0533. The molecule has 1 aromatic heterocycles. The number of aromatic hydroxyl groups is 1. The monoisotopic (exact) mass is 362 g/mol. The fraction of sp³-hybridized carbons (Fsp3) is 0.611. The molecule has 26 heavy (non-hydrogen) atoms. The van der Waals surface area contributed by atoms with E-state index >= 15 is 0 Å². The second kappa shape index (κ2) is 8.35. The van der Waals surface area contributed by atoms with Crippen molar-refractivity contribution < 1.29 is 19.4 Å². The first kappa shape index (κ1) is 18.4. The Morgan fingerprint density at radius 2 is 1.96 bits per heavy atom. The number of nitrogens with zero attached hydrogens (tertiary/aromatic N) is 4. The Kier molecular flexibility index (Phi) is 5.92. The summed E-state index contributed by atoms with van der Waals surface area (Å²) in [7, 11) is 0. The molecule has 0 spiro atoms. The first-order valence-electron chi connectivity index (χ1n) is 9.18. The lowest BCUT2D eigenvalue weighted by atomic mass is 10.0. The lowest BCUT2D eigenvalue weighted by Gasteiger charge is -2.43. The first-order valence-corrected chi connectivity index (χ1v) is 9.18. The zero-order valence-corrected chi connectivity index (χ0v) is 15.1. The Hall–Kier alpha value is -2.35. The molecular weight excluding hydrogens is 336 g/mol. The van der Waals surface area contributed by atoms with Gasteiger partial charge < -0.3 is 19.6 Å². The van der Waals surface area contributed by atoms with Crippen LogP contribution in [0.4, 0.5) is 4.79 Å². The standard InChI is InChI=1S/C18H26N4O4/c1-2-26-18(25)21-10-8-20(9-11-21)14-4-3-7-22(13-14)17(24)16-6-5-15(23)12-19-16/h5-6,12,14,23H,2-4,7-11,13H2,1H3. The normalized spacial score (nSPS) is 21.5. The maximum Gasteiger partial charge on any atom is 0.409 e. The zero-order chi connectivity index (χ0) is 18.5. The fourth-order valence-corrected chi connectivity index (χ4v) is 3.60. The van der Waals surface area contributed by atoms with Crippen LogP contribution in [0.3, 0.4) is 0 Å². The van der Waals surface area contributed by atoms with Gasteiger partial charge in [0.2, 0.25) is 0 Å². The predicted octanol–water partition coefficient (Wildman–Crippen LogP) is 1.17. The molecule has 1 aromatic rings. The maximum absolute atomic E-state index is 12.6. The van der Waals surface area contributed by atoms with Gasteiger partial charge in [0.1, 0.15) is 11.4 Å². The van der Waals surface area contributed by atoms with E-state index in [2.05, 4.69) is 9.88 Å². The minimum atomic E-state index is -0.244. The molecule has 142 valence electrons. The molecule has 0 aliphatic carbocycles. The average Bonchev–Trinajstić information content (AvgIpc) is 2.68. The van der Waals surface area contributed by atoms with Crippen molar-refractivity contribution in [1.82, 2.24) is 19.7 Å². The van der Waals surface area contributed by atoms with Crippen LogP contribution in [0.2, 0.25) is 0 Å². The third-order valence-corrected chi connectivity index (χ3v) is 5.01. The summed E-state index contributed by atoms with van der Waals surface area (Å²) in [5.41, 5.74) is 0.357. The van der Waals surface area contributed by atoms with Crippen LogP contribution in [0.25, 0.3) is 0 Å². The van der Waals surface area contributed by atoms with Crippen molar-refractivity contribution in [3.63, 3.8) is 0 Å². The maximum atomic E-state index is 12.6. The fourth-order valence-electron chi connectivity index (χ4n) is 3.60. The number of piperidine rings is 1. The van der Waals surface area contributed by atoms with Crippen LogP contribution < -0.4 is 0 Å². The molecule has 2 aliphatic rings. The number of hydrogen-bond donors (Lipinski definition) is 1. The number of aromatic nitrogens is 1. The summed E-state index contributed by atoms with van der Waals surface area (Å²) in [6.07, 6.45) is 3.05. The molecule has 2 fully saturated rings. The van der Waals surface area contributed by atoms with Gasteiger partial charge in [-0.15, -0.1) is 0 Å². The molecule has 0 bridgehead atoms. The van der Waals surface area contributed by atoms with Crippen LogP contribution in [-0.4, -0.2) is 88.7 Å². The molecule has 3 heterocycles. The van der Waals surface area contributed by atoms with Gasteiger partial charge in [0.25, 0.3) is 5.91 Å². The number of ether oxygens (including phenoxy) is 1.